The third kappa shape index (κ3) is 2.88. The first-order valence-corrected chi connectivity index (χ1v) is 6.21. The molecule has 1 amide bonds. The molecular weight excluding hydrogens is 230 g/mol. The molecule has 1 aromatic rings. The lowest BCUT2D eigenvalue weighted by Gasteiger charge is -2.10. The molecule has 18 heavy (non-hydrogen) atoms. The summed E-state index contributed by atoms with van der Waals surface area (Å²) in [6, 6.07) is 9.02. The molecule has 1 N–H and O–H groups in total. The van der Waals surface area contributed by atoms with Gasteiger partial charge in [-0.25, -0.2) is 4.79 Å². The average Bonchev–Trinajstić information content (AvgIpc) is 2.78. The Morgan fingerprint density at radius 2 is 2.11 bits per heavy atom. The normalized spacial score (nSPS) is 22.6. The zero-order valence-electron chi connectivity index (χ0n) is 10.4. The van der Waals surface area contributed by atoms with Crippen LogP contribution in [0.1, 0.15) is 25.3 Å². The minimum absolute atomic E-state index is 0.0424. The molecule has 0 unspecified atom stereocenters. The van der Waals surface area contributed by atoms with E-state index >= 15 is 0 Å². The van der Waals surface area contributed by atoms with Gasteiger partial charge in [-0.05, 0) is 18.4 Å². The summed E-state index contributed by atoms with van der Waals surface area (Å²) in [5.74, 6) is -0.443. The number of hydrogen-bond acceptors (Lipinski definition) is 3. The third-order valence-electron chi connectivity index (χ3n) is 3.21. The Morgan fingerprint density at radius 1 is 1.39 bits per heavy atom. The molecule has 0 spiro atoms. The molecule has 4 nitrogen and oxygen atoms in total. The van der Waals surface area contributed by atoms with E-state index in [2.05, 4.69) is 5.32 Å². The Morgan fingerprint density at radius 3 is 2.72 bits per heavy atom. The van der Waals surface area contributed by atoms with Crippen molar-refractivity contribution in [2.45, 2.75) is 32.4 Å². The quantitative estimate of drug-likeness (QED) is 0.823. The van der Waals surface area contributed by atoms with Gasteiger partial charge in [-0.2, -0.15) is 0 Å². The van der Waals surface area contributed by atoms with E-state index in [0.29, 0.717) is 6.42 Å². The lowest BCUT2D eigenvalue weighted by molar-refractivity contribution is -0.147. The van der Waals surface area contributed by atoms with Crippen LogP contribution in [0.5, 0.6) is 0 Å². The van der Waals surface area contributed by atoms with Crippen LogP contribution in [0.3, 0.4) is 0 Å². The highest BCUT2D eigenvalue weighted by Crippen LogP contribution is 2.19. The van der Waals surface area contributed by atoms with Crippen molar-refractivity contribution in [1.29, 1.82) is 0 Å². The van der Waals surface area contributed by atoms with Gasteiger partial charge in [0.25, 0.3) is 0 Å². The van der Waals surface area contributed by atoms with Crippen molar-refractivity contribution in [2.75, 3.05) is 0 Å². The summed E-state index contributed by atoms with van der Waals surface area (Å²) in [5.41, 5.74) is 0.946. The number of amides is 1. The summed E-state index contributed by atoms with van der Waals surface area (Å²) >= 11 is 0. The summed E-state index contributed by atoms with van der Waals surface area (Å²) < 4.78 is 5.20. The Bertz CT molecular complexity index is 430. The number of esters is 1. The highest BCUT2D eigenvalue weighted by atomic mass is 16.5. The molecule has 1 aliphatic rings. The summed E-state index contributed by atoms with van der Waals surface area (Å²) in [6.07, 6.45) is 1.30. The lowest BCUT2D eigenvalue weighted by atomic mass is 10.0. The number of carbonyl (C=O) groups is 2. The number of carbonyl (C=O) groups excluding carboxylic acids is 2. The maximum Gasteiger partial charge on any atom is 0.328 e. The minimum atomic E-state index is -0.480. The van der Waals surface area contributed by atoms with E-state index in [1.54, 1.807) is 0 Å². The summed E-state index contributed by atoms with van der Waals surface area (Å²) in [6.45, 7) is 2.20. The maximum atomic E-state index is 11.8. The van der Waals surface area contributed by atoms with Gasteiger partial charge in [0.05, 0.1) is 0 Å². The average molecular weight is 247 g/mol. The SMILES string of the molecule is CC[C@H]1C[C@@H](C(=O)OCc2ccccc2)NC1=O. The van der Waals surface area contributed by atoms with Gasteiger partial charge in [0.1, 0.15) is 12.6 Å². The number of rotatable bonds is 4. The number of nitrogens with one attached hydrogen (secondary N) is 1. The lowest BCUT2D eigenvalue weighted by Crippen LogP contribution is -2.34. The summed E-state index contributed by atoms with van der Waals surface area (Å²) in [4.78, 5) is 23.3. The molecule has 4 heteroatoms. The van der Waals surface area contributed by atoms with Crippen LogP contribution in [0.15, 0.2) is 30.3 Å². The maximum absolute atomic E-state index is 11.8. The fraction of sp³-hybridized carbons (Fsp3) is 0.429. The van der Waals surface area contributed by atoms with Gasteiger partial charge >= 0.3 is 5.97 Å². The molecule has 1 aliphatic heterocycles. The van der Waals surface area contributed by atoms with Gasteiger partial charge in [0, 0.05) is 5.92 Å². The topological polar surface area (TPSA) is 55.4 Å². The molecule has 1 aromatic carbocycles. The van der Waals surface area contributed by atoms with Gasteiger partial charge in [-0.15, -0.1) is 0 Å². The summed E-state index contributed by atoms with van der Waals surface area (Å²) in [5, 5.41) is 2.68. The van der Waals surface area contributed by atoms with E-state index in [4.69, 9.17) is 4.74 Å². The van der Waals surface area contributed by atoms with E-state index in [0.717, 1.165) is 12.0 Å². The molecule has 0 aliphatic carbocycles. The van der Waals surface area contributed by atoms with Crippen LogP contribution >= 0.6 is 0 Å². The zero-order chi connectivity index (χ0) is 13.0. The Hall–Kier alpha value is -1.84. The smallest absolute Gasteiger partial charge is 0.328 e. The first kappa shape index (κ1) is 12.6. The monoisotopic (exact) mass is 247 g/mol. The van der Waals surface area contributed by atoms with E-state index in [1.165, 1.54) is 0 Å². The third-order valence-corrected chi connectivity index (χ3v) is 3.21. The van der Waals surface area contributed by atoms with Crippen LogP contribution in [-0.4, -0.2) is 17.9 Å². The molecule has 2 rings (SSSR count). The molecule has 0 bridgehead atoms. The van der Waals surface area contributed by atoms with Crippen molar-refractivity contribution in [3.63, 3.8) is 0 Å². The summed E-state index contributed by atoms with van der Waals surface area (Å²) in [7, 11) is 0. The van der Waals surface area contributed by atoms with E-state index in [9.17, 15) is 9.59 Å². The van der Waals surface area contributed by atoms with Crippen LogP contribution in [0.25, 0.3) is 0 Å². The van der Waals surface area contributed by atoms with Gasteiger partial charge in [-0.1, -0.05) is 37.3 Å². The molecule has 2 atom stereocenters. The fourth-order valence-electron chi connectivity index (χ4n) is 2.08. The second-order valence-corrected chi connectivity index (χ2v) is 4.50. The van der Waals surface area contributed by atoms with Crippen LogP contribution in [0, 0.1) is 5.92 Å². The van der Waals surface area contributed by atoms with Gasteiger partial charge in [-0.3, -0.25) is 4.79 Å². The molecule has 1 fully saturated rings. The van der Waals surface area contributed by atoms with Crippen LogP contribution in [-0.2, 0) is 20.9 Å². The molecule has 0 saturated carbocycles. The zero-order valence-corrected chi connectivity index (χ0v) is 10.4. The van der Waals surface area contributed by atoms with Crippen molar-refractivity contribution in [3.8, 4) is 0 Å². The molecule has 1 heterocycles. The van der Waals surface area contributed by atoms with Crippen LogP contribution in [0.2, 0.25) is 0 Å². The largest absolute Gasteiger partial charge is 0.459 e. The van der Waals surface area contributed by atoms with Crippen LogP contribution < -0.4 is 5.32 Å². The predicted octanol–water partition coefficient (Wildman–Crippen LogP) is 1.64. The van der Waals surface area contributed by atoms with Crippen molar-refractivity contribution in [1.82, 2.24) is 5.32 Å². The Labute approximate surface area is 106 Å². The standard InChI is InChI=1S/C14H17NO3/c1-2-11-8-12(15-13(11)16)14(17)18-9-10-6-4-3-5-7-10/h3-7,11-12H,2,8-9H2,1H3,(H,15,16)/t11-,12-/m0/s1. The van der Waals surface area contributed by atoms with Gasteiger partial charge in [0.2, 0.25) is 5.91 Å². The first-order valence-electron chi connectivity index (χ1n) is 6.21. The van der Waals surface area contributed by atoms with Crippen LogP contribution in [0.4, 0.5) is 0 Å². The second-order valence-electron chi connectivity index (χ2n) is 4.50. The minimum Gasteiger partial charge on any atom is -0.459 e. The first-order chi connectivity index (χ1) is 8.70. The van der Waals surface area contributed by atoms with Crippen molar-refractivity contribution in [3.05, 3.63) is 35.9 Å². The molecule has 0 aromatic heterocycles. The molecule has 0 radical (unpaired) electrons. The van der Waals surface area contributed by atoms with Crippen molar-refractivity contribution < 1.29 is 14.3 Å². The van der Waals surface area contributed by atoms with Gasteiger partial charge < -0.3 is 10.1 Å². The molecular formula is C14H17NO3. The molecule has 1 saturated heterocycles. The Balaban J connectivity index is 1.84. The van der Waals surface area contributed by atoms with Gasteiger partial charge in [0.15, 0.2) is 0 Å². The highest BCUT2D eigenvalue weighted by molar-refractivity contribution is 5.89. The number of benzene rings is 1. The molecule has 96 valence electrons. The Kier molecular flexibility index (Phi) is 3.97. The van der Waals surface area contributed by atoms with Crippen molar-refractivity contribution >= 4 is 11.9 Å². The predicted molar refractivity (Wildman–Crippen MR) is 66.6 cm³/mol. The second kappa shape index (κ2) is 5.67. The number of hydrogen-bond donors (Lipinski definition) is 1. The number of ether oxygens (including phenoxy) is 1. The van der Waals surface area contributed by atoms with Crippen molar-refractivity contribution in [2.24, 2.45) is 5.92 Å². The van der Waals surface area contributed by atoms with E-state index < -0.39 is 6.04 Å². The van der Waals surface area contributed by atoms with E-state index in [-0.39, 0.29) is 24.4 Å². The highest BCUT2D eigenvalue weighted by Gasteiger charge is 2.35. The van der Waals surface area contributed by atoms with E-state index in [1.807, 2.05) is 37.3 Å². The fourth-order valence-corrected chi connectivity index (χ4v) is 2.08.